The van der Waals surface area contributed by atoms with Crippen LogP contribution in [0.3, 0.4) is 0 Å². The van der Waals surface area contributed by atoms with Gasteiger partial charge in [0.05, 0.1) is 11.0 Å². The molecule has 12 nitrogen and oxygen atoms in total. The number of carbonyl (C=O) groups is 2. The minimum Gasteiger partial charge on any atom is -0.505 e. The molecule has 0 bridgehead atoms. The van der Waals surface area contributed by atoms with E-state index in [9.17, 15) is 29.0 Å². The zero-order valence-corrected chi connectivity index (χ0v) is 24.7. The number of benzene rings is 3. The lowest BCUT2D eigenvalue weighted by atomic mass is 9.89. The first-order valence-electron chi connectivity index (χ1n) is 13.8. The summed E-state index contributed by atoms with van der Waals surface area (Å²) < 4.78 is 42.2. The Bertz CT molecular complexity index is 1840. The highest BCUT2D eigenvalue weighted by atomic mass is 19.1. The van der Waals surface area contributed by atoms with Crippen LogP contribution in [0.25, 0.3) is 22.1 Å². The van der Waals surface area contributed by atoms with E-state index in [1.165, 1.54) is 37.4 Å². The molecule has 1 aliphatic heterocycles. The first-order chi connectivity index (χ1) is 21.3. The minimum absolute atomic E-state index is 0.0567. The third-order valence-corrected chi connectivity index (χ3v) is 7.56. The Balaban J connectivity index is 1.42. The molecule has 0 saturated carbocycles. The highest BCUT2D eigenvalue weighted by Crippen LogP contribution is 2.38. The molecule has 1 aromatic heterocycles. The maximum atomic E-state index is 14.3. The van der Waals surface area contributed by atoms with E-state index in [2.05, 4.69) is 5.32 Å². The van der Waals surface area contributed by atoms with Crippen molar-refractivity contribution >= 4 is 28.7 Å². The summed E-state index contributed by atoms with van der Waals surface area (Å²) in [5.41, 5.74) is 3.59. The number of hydrogen-bond acceptors (Lipinski definition) is 10. The number of rotatable bonds is 7. The zero-order valence-electron chi connectivity index (χ0n) is 24.7. The average Bonchev–Trinajstić information content (AvgIpc) is 2.99. The van der Waals surface area contributed by atoms with E-state index in [1.54, 1.807) is 51.1 Å². The van der Waals surface area contributed by atoms with Crippen LogP contribution in [-0.4, -0.2) is 59.5 Å². The molecule has 13 heteroatoms. The number of amides is 2. The molecule has 236 valence electrons. The Labute approximate surface area is 256 Å². The van der Waals surface area contributed by atoms with Crippen LogP contribution >= 0.6 is 0 Å². The van der Waals surface area contributed by atoms with Gasteiger partial charge >= 0.3 is 11.7 Å². The molecule has 2 heterocycles. The third kappa shape index (κ3) is 6.05. The van der Waals surface area contributed by atoms with Gasteiger partial charge in [-0.3, -0.25) is 4.79 Å². The number of carbonyl (C=O) groups excluding carboxylic acids is 2. The zero-order chi connectivity index (χ0) is 32.6. The number of aliphatic hydroxyl groups is 1. The molecule has 1 saturated heterocycles. The highest BCUT2D eigenvalue weighted by molar-refractivity contribution is 6.07. The number of hydrogen-bond donors (Lipinski definition) is 4. The smallest absolute Gasteiger partial charge is 0.404 e. The first kappa shape index (κ1) is 31.4. The summed E-state index contributed by atoms with van der Waals surface area (Å²) in [5, 5.41) is 24.4. The van der Waals surface area contributed by atoms with Crippen LogP contribution in [0.2, 0.25) is 0 Å². The Kier molecular flexibility index (Phi) is 8.52. The number of aromatic hydroxyl groups is 1. The summed E-state index contributed by atoms with van der Waals surface area (Å²) in [6.07, 6.45) is -6.14. The van der Waals surface area contributed by atoms with Gasteiger partial charge in [0, 0.05) is 23.8 Å². The lowest BCUT2D eigenvalue weighted by molar-refractivity contribution is -0.304. The Morgan fingerprint density at radius 3 is 2.51 bits per heavy atom. The van der Waals surface area contributed by atoms with Crippen LogP contribution in [0.1, 0.15) is 29.8 Å². The SMILES string of the molecule is CO[C@@H]1[C@@H](OC(N)=O)[C@@H](O)[C@H](Oc2ccc3c(O)c(NC(=O)c4cccc(-c5ccccc5F)c4)c(=O)oc3c2C)OC1(C)C. The van der Waals surface area contributed by atoms with Crippen LogP contribution in [0.4, 0.5) is 14.9 Å². The molecule has 5 rings (SSSR count). The lowest BCUT2D eigenvalue weighted by Crippen LogP contribution is -2.65. The number of primary amides is 1. The van der Waals surface area contributed by atoms with Crippen molar-refractivity contribution in [1.29, 1.82) is 0 Å². The molecule has 0 spiro atoms. The van der Waals surface area contributed by atoms with Gasteiger partial charge in [-0.15, -0.1) is 0 Å². The molecule has 0 aliphatic carbocycles. The van der Waals surface area contributed by atoms with E-state index in [-0.39, 0.29) is 33.4 Å². The second-order valence-corrected chi connectivity index (χ2v) is 10.9. The summed E-state index contributed by atoms with van der Waals surface area (Å²) in [4.78, 5) is 37.6. The number of nitrogens with two attached hydrogens (primary N) is 1. The molecule has 2 amide bonds. The molecule has 4 atom stereocenters. The molecular formula is C32H31FN2O10. The predicted molar refractivity (Wildman–Crippen MR) is 160 cm³/mol. The highest BCUT2D eigenvalue weighted by Gasteiger charge is 2.53. The van der Waals surface area contributed by atoms with Crippen LogP contribution in [0.5, 0.6) is 11.5 Å². The molecule has 0 radical (unpaired) electrons. The van der Waals surface area contributed by atoms with Crippen molar-refractivity contribution in [2.45, 2.75) is 51.0 Å². The molecular weight excluding hydrogens is 591 g/mol. The van der Waals surface area contributed by atoms with Gasteiger partial charge in [-0.1, -0.05) is 30.3 Å². The van der Waals surface area contributed by atoms with Crippen molar-refractivity contribution in [3.05, 3.63) is 88.0 Å². The van der Waals surface area contributed by atoms with E-state index in [0.29, 0.717) is 5.56 Å². The number of methoxy groups -OCH3 is 1. The second-order valence-electron chi connectivity index (χ2n) is 10.9. The number of nitrogens with one attached hydrogen (secondary N) is 1. The van der Waals surface area contributed by atoms with E-state index < -0.39 is 65.1 Å². The number of ether oxygens (including phenoxy) is 4. The fraction of sp³-hybridized carbons (Fsp3) is 0.281. The molecule has 0 unspecified atom stereocenters. The normalized spacial score (nSPS) is 20.8. The fourth-order valence-electron chi connectivity index (χ4n) is 5.38. The standard InChI is InChI=1S/C32H31FN2O10/c1-15-21(42-30-24(37)26(44-31(34)40)27(41-4)32(2,3)45-30)13-12-19-23(36)22(29(39)43-25(15)19)35-28(38)17-9-7-8-16(14-17)18-10-5-6-11-20(18)33/h5-14,24,26-27,30,36-37H,1-4H3,(H2,34,40)(H,35,38)/t24-,26+,27-,30-/m1/s1. The minimum atomic E-state index is -1.53. The summed E-state index contributed by atoms with van der Waals surface area (Å²) >= 11 is 0. The molecule has 3 aromatic carbocycles. The van der Waals surface area contributed by atoms with Crippen molar-refractivity contribution < 1.29 is 47.6 Å². The van der Waals surface area contributed by atoms with Crippen molar-refractivity contribution in [1.82, 2.24) is 0 Å². The van der Waals surface area contributed by atoms with Crippen molar-refractivity contribution in [2.24, 2.45) is 5.73 Å². The molecule has 45 heavy (non-hydrogen) atoms. The van der Waals surface area contributed by atoms with Gasteiger partial charge in [-0.05, 0) is 56.7 Å². The number of aryl methyl sites for hydroxylation is 1. The molecule has 4 aromatic rings. The topological polar surface area (TPSA) is 180 Å². The molecule has 1 aliphatic rings. The van der Waals surface area contributed by atoms with Crippen molar-refractivity contribution in [3.8, 4) is 22.6 Å². The summed E-state index contributed by atoms with van der Waals surface area (Å²) in [7, 11) is 1.36. The monoisotopic (exact) mass is 622 g/mol. The Hall–Kier alpha value is -4.98. The predicted octanol–water partition coefficient (Wildman–Crippen LogP) is 4.22. The van der Waals surface area contributed by atoms with Crippen LogP contribution in [0, 0.1) is 12.7 Å². The van der Waals surface area contributed by atoms with E-state index in [1.807, 2.05) is 0 Å². The maximum Gasteiger partial charge on any atom is 0.404 e. The van der Waals surface area contributed by atoms with E-state index in [0.717, 1.165) is 0 Å². The van der Waals surface area contributed by atoms with Crippen LogP contribution < -0.4 is 21.4 Å². The lowest BCUT2D eigenvalue weighted by Gasteiger charge is -2.47. The maximum absolute atomic E-state index is 14.3. The van der Waals surface area contributed by atoms with Crippen molar-refractivity contribution in [2.75, 3.05) is 12.4 Å². The average molecular weight is 623 g/mol. The summed E-state index contributed by atoms with van der Waals surface area (Å²) in [6, 6.07) is 15.1. The van der Waals surface area contributed by atoms with Crippen molar-refractivity contribution in [3.63, 3.8) is 0 Å². The molecule has 5 N–H and O–H groups in total. The molecule has 1 fully saturated rings. The number of anilines is 1. The van der Waals surface area contributed by atoms with Gasteiger partial charge < -0.3 is 44.6 Å². The Morgan fingerprint density at radius 2 is 1.82 bits per heavy atom. The third-order valence-electron chi connectivity index (χ3n) is 7.56. The quantitative estimate of drug-likeness (QED) is 0.218. The van der Waals surface area contributed by atoms with Gasteiger partial charge in [0.2, 0.25) is 6.29 Å². The van der Waals surface area contributed by atoms with Gasteiger partial charge in [-0.25, -0.2) is 14.0 Å². The number of fused-ring (bicyclic) bond motifs is 1. The Morgan fingerprint density at radius 1 is 1.09 bits per heavy atom. The number of halogens is 1. The van der Waals surface area contributed by atoms with Crippen LogP contribution in [-0.2, 0) is 14.2 Å². The summed E-state index contributed by atoms with van der Waals surface area (Å²) in [6.45, 7) is 4.84. The van der Waals surface area contributed by atoms with Gasteiger partial charge in [0.25, 0.3) is 5.91 Å². The first-order valence-corrected chi connectivity index (χ1v) is 13.8. The number of aliphatic hydroxyl groups excluding tert-OH is 1. The fourth-order valence-corrected chi connectivity index (χ4v) is 5.38. The summed E-state index contributed by atoms with van der Waals surface area (Å²) in [5.74, 6) is -1.64. The van der Waals surface area contributed by atoms with E-state index >= 15 is 0 Å². The van der Waals surface area contributed by atoms with E-state index in [4.69, 9.17) is 29.1 Å². The van der Waals surface area contributed by atoms with Gasteiger partial charge in [0.15, 0.2) is 23.6 Å². The van der Waals surface area contributed by atoms with Gasteiger partial charge in [-0.2, -0.15) is 0 Å². The largest absolute Gasteiger partial charge is 0.505 e. The van der Waals surface area contributed by atoms with Crippen LogP contribution in [0.15, 0.2) is 69.9 Å². The second kappa shape index (κ2) is 12.2. The van der Waals surface area contributed by atoms with Gasteiger partial charge in [0.1, 0.15) is 23.3 Å².